The van der Waals surface area contributed by atoms with E-state index in [0.29, 0.717) is 61.5 Å². The zero-order chi connectivity index (χ0) is 64.1. The van der Waals surface area contributed by atoms with E-state index in [1.165, 1.54) is 20.2 Å². The summed E-state index contributed by atoms with van der Waals surface area (Å²) < 4.78 is 44.8. The van der Waals surface area contributed by atoms with Gasteiger partial charge in [-0.3, -0.25) is 38.4 Å². The molecule has 2 aromatic rings. The van der Waals surface area contributed by atoms with Crippen LogP contribution in [0.25, 0.3) is 0 Å². The van der Waals surface area contributed by atoms with Crippen LogP contribution in [0.1, 0.15) is 116 Å². The van der Waals surface area contributed by atoms with E-state index in [4.69, 9.17) is 49.5 Å². The first-order valence-corrected chi connectivity index (χ1v) is 30.1. The fourth-order valence-electron chi connectivity index (χ4n) is 9.12. The van der Waals surface area contributed by atoms with Crippen LogP contribution < -0.4 is 42.0 Å². The van der Waals surface area contributed by atoms with Gasteiger partial charge in [-0.25, -0.2) is 4.79 Å². The predicted octanol–water partition coefficient (Wildman–Crippen LogP) is 3.87. The van der Waals surface area contributed by atoms with Gasteiger partial charge in [0.05, 0.1) is 69.9 Å². The minimum absolute atomic E-state index is 0.00256. The maximum atomic E-state index is 14.0. The van der Waals surface area contributed by atoms with E-state index in [-0.39, 0.29) is 101 Å². The van der Waals surface area contributed by atoms with Crippen molar-refractivity contribution in [3.05, 3.63) is 76.3 Å². The second-order valence-corrected chi connectivity index (χ2v) is 23.3. The van der Waals surface area contributed by atoms with Crippen LogP contribution in [-0.2, 0) is 89.3 Å². The fourth-order valence-corrected chi connectivity index (χ4v) is 9.40. The summed E-state index contributed by atoms with van der Waals surface area (Å²) in [6.45, 7) is 15.0. The van der Waals surface area contributed by atoms with Crippen molar-refractivity contribution < 1.29 is 81.0 Å². The molecule has 2 aromatic carbocycles. The van der Waals surface area contributed by atoms with Crippen LogP contribution in [0.4, 0.5) is 0 Å². The number of cyclic esters (lactones) is 2. The predicted molar refractivity (Wildman–Crippen MR) is 322 cm³/mol. The van der Waals surface area contributed by atoms with Crippen molar-refractivity contribution in [2.75, 3.05) is 80.6 Å². The number of benzene rings is 2. The molecule has 1 fully saturated rings. The van der Waals surface area contributed by atoms with Gasteiger partial charge >= 0.3 is 11.9 Å². The molecule has 24 nitrogen and oxygen atoms in total. The molecule has 87 heavy (non-hydrogen) atoms. The summed E-state index contributed by atoms with van der Waals surface area (Å²) >= 11 is 6.40. The minimum atomic E-state index is -1.30. The van der Waals surface area contributed by atoms with E-state index in [2.05, 4.69) is 37.2 Å². The summed E-state index contributed by atoms with van der Waals surface area (Å²) in [4.78, 5) is 120. The first-order valence-electron chi connectivity index (χ1n) is 29.8. The Morgan fingerprint density at radius 2 is 1.43 bits per heavy atom. The Morgan fingerprint density at radius 3 is 2.06 bits per heavy atom. The van der Waals surface area contributed by atoms with Crippen LogP contribution in [0.2, 0.25) is 5.02 Å². The van der Waals surface area contributed by atoms with Gasteiger partial charge in [0.1, 0.15) is 36.1 Å². The number of amides is 7. The van der Waals surface area contributed by atoms with Crippen molar-refractivity contribution in [1.82, 2.24) is 37.2 Å². The molecule has 4 rings (SSSR count). The molecule has 25 heteroatoms. The van der Waals surface area contributed by atoms with E-state index in [1.54, 1.807) is 71.2 Å². The summed E-state index contributed by atoms with van der Waals surface area (Å²) in [5, 5.41) is 19.5. The molecule has 0 radical (unpaired) electrons. The second kappa shape index (κ2) is 37.9. The number of epoxide rings is 1. The topological polar surface area (TPSA) is 315 Å². The number of methoxy groups -OCH3 is 2. The maximum absolute atomic E-state index is 14.0. The van der Waals surface area contributed by atoms with Gasteiger partial charge in [0, 0.05) is 71.8 Å². The molecule has 0 aromatic heterocycles. The Balaban J connectivity index is 1.44. The molecule has 2 unspecified atom stereocenters. The van der Waals surface area contributed by atoms with Crippen molar-refractivity contribution >= 4 is 64.9 Å². The van der Waals surface area contributed by atoms with Crippen molar-refractivity contribution in [1.29, 1.82) is 0 Å². The highest BCUT2D eigenvalue weighted by molar-refractivity contribution is 6.32. The molecule has 0 spiro atoms. The molecule has 2 aliphatic rings. The summed E-state index contributed by atoms with van der Waals surface area (Å²) in [5.74, 6) is -5.34. The van der Waals surface area contributed by atoms with Gasteiger partial charge in [-0.15, -0.1) is 0 Å². The number of nitrogens with one attached hydrogen (secondary N) is 7. The molecule has 2 heterocycles. The smallest absolute Gasteiger partial charge is 0.347 e. The lowest BCUT2D eigenvalue weighted by molar-refractivity contribution is -0.179. The molecule has 7 N–H and O–H groups in total. The largest absolute Gasteiger partial charge is 0.495 e. The molecule has 8 atom stereocenters. The van der Waals surface area contributed by atoms with Gasteiger partial charge in [0.15, 0.2) is 6.10 Å². The SMILES string of the molecule is CNC(=O)CCCC(=O)NC(C(=O)N[C@@H](CCC(=O)NCCOCCOCCOCCOC)C(=O)NCc1ccc([C@H]2O[C@@H]2C(C)[C@@H]2C/C=C/C(=O)N[C@H](Cc3ccc(OC)c(Cl)c3)C(=O)NCC(C)(C)C(=O)O[C@@H](CC(C)C)C(=O)O2)cc1)C(C)C. The van der Waals surface area contributed by atoms with Gasteiger partial charge in [0.25, 0.3) is 0 Å². The van der Waals surface area contributed by atoms with Gasteiger partial charge in [-0.1, -0.05) is 82.6 Å². The average Bonchev–Trinajstić information content (AvgIpc) is 2.28. The zero-order valence-electron chi connectivity index (χ0n) is 52.0. The van der Waals surface area contributed by atoms with Gasteiger partial charge in [-0.05, 0) is 79.8 Å². The Labute approximate surface area is 516 Å². The number of hydrogen-bond acceptors (Lipinski definition) is 17. The van der Waals surface area contributed by atoms with Crippen molar-refractivity contribution in [2.45, 2.75) is 149 Å². The number of ether oxygens (including phenoxy) is 8. The highest BCUT2D eigenvalue weighted by atomic mass is 35.5. The summed E-state index contributed by atoms with van der Waals surface area (Å²) in [6.07, 6.45) is 0.289. The number of carbonyl (C=O) groups excluding carboxylic acids is 9. The van der Waals surface area contributed by atoms with E-state index in [1.807, 2.05) is 32.9 Å². The number of rotatable bonds is 34. The fraction of sp³-hybridized carbons (Fsp3) is 0.629. The molecule has 7 amide bonds. The second-order valence-electron chi connectivity index (χ2n) is 22.9. The van der Waals surface area contributed by atoms with Crippen molar-refractivity contribution in [3.8, 4) is 5.75 Å². The first-order chi connectivity index (χ1) is 41.5. The molecular formula is C62H92ClN7O17. The number of halogens is 1. The monoisotopic (exact) mass is 1240 g/mol. The number of carbonyl (C=O) groups is 9. The lowest BCUT2D eigenvalue weighted by Gasteiger charge is -2.29. The molecule has 2 aliphatic heterocycles. The molecule has 484 valence electrons. The normalized spacial score (nSPS) is 20.4. The molecular weight excluding hydrogens is 1150 g/mol. The zero-order valence-corrected chi connectivity index (χ0v) is 52.8. The van der Waals surface area contributed by atoms with Crippen LogP contribution in [-0.4, -0.2) is 170 Å². The van der Waals surface area contributed by atoms with Gasteiger partial charge < -0.3 is 75.1 Å². The van der Waals surface area contributed by atoms with E-state index in [9.17, 15) is 43.2 Å². The Morgan fingerprint density at radius 1 is 0.770 bits per heavy atom. The van der Waals surface area contributed by atoms with Crippen molar-refractivity contribution in [2.24, 2.45) is 23.2 Å². The summed E-state index contributed by atoms with van der Waals surface area (Å²) in [6, 6.07) is 9.04. The summed E-state index contributed by atoms with van der Waals surface area (Å²) in [7, 11) is 4.58. The van der Waals surface area contributed by atoms with Gasteiger partial charge in [0.2, 0.25) is 41.4 Å². The number of hydrogen-bond donors (Lipinski definition) is 7. The third-order valence-corrected chi connectivity index (χ3v) is 14.7. The first kappa shape index (κ1) is 72.8. The van der Waals surface area contributed by atoms with E-state index >= 15 is 0 Å². The van der Waals surface area contributed by atoms with Crippen LogP contribution in [0.3, 0.4) is 0 Å². The minimum Gasteiger partial charge on any atom is -0.495 e. The molecule has 0 aliphatic carbocycles. The van der Waals surface area contributed by atoms with Crippen LogP contribution in [0.5, 0.6) is 5.75 Å². The standard InChI is InChI=1S/C62H92ClN7O17/c1-38(2)33-49-60(78)85-47(13-11-15-52(73)68-46(35-42-19-23-48(81-10)44(63)34-42)58(76)67-37-62(6,7)61(79)86-49)40(5)55-56(87-55)43-20-17-41(18-21-43)36-66-57(75)45(69-59(77)54(39(3)4)70-53(74)16-12-14-50(71)64-8)22-24-51(72)65-25-26-82-29-30-84-32-31-83-28-27-80-9/h11,15,17-21,23,34,38-40,45-47,49,54-56H,12-14,16,22,24-33,35-37H2,1-10H3,(H,64,71)(H,65,72)(H,66,75)(H,67,76)(H,68,73)(H,69,77)(H,70,74)/b15-11+/t40?,45-,46+,47-,49-,54?,55+,56+/m0/s1. The lowest BCUT2D eigenvalue weighted by Crippen LogP contribution is -2.55. The molecule has 0 saturated carbocycles. The molecule has 0 bridgehead atoms. The quantitative estimate of drug-likeness (QED) is 0.0297. The highest BCUT2D eigenvalue weighted by Crippen LogP contribution is 2.45. The highest BCUT2D eigenvalue weighted by Gasteiger charge is 2.48. The van der Waals surface area contributed by atoms with E-state index < -0.39 is 95.3 Å². The third kappa shape index (κ3) is 26.3. The van der Waals surface area contributed by atoms with Crippen LogP contribution >= 0.6 is 11.6 Å². The molecule has 1 saturated heterocycles. The van der Waals surface area contributed by atoms with Crippen LogP contribution in [0.15, 0.2) is 54.6 Å². The van der Waals surface area contributed by atoms with E-state index in [0.717, 1.165) is 5.56 Å². The van der Waals surface area contributed by atoms with Gasteiger partial charge in [-0.2, -0.15) is 0 Å². The van der Waals surface area contributed by atoms with Crippen molar-refractivity contribution in [3.63, 3.8) is 0 Å². The third-order valence-electron chi connectivity index (χ3n) is 14.4. The maximum Gasteiger partial charge on any atom is 0.347 e. The lowest BCUT2D eigenvalue weighted by atomic mass is 9.92. The Bertz CT molecular complexity index is 2600. The number of esters is 2. The van der Waals surface area contributed by atoms with Crippen LogP contribution in [0, 0.1) is 23.2 Å². The summed E-state index contributed by atoms with van der Waals surface area (Å²) in [5.41, 5.74) is 0.828. The Hall–Kier alpha value is -6.70. The average molecular weight is 1240 g/mol. The Kier molecular flexibility index (Phi) is 31.7.